The van der Waals surface area contributed by atoms with Gasteiger partial charge in [-0.2, -0.15) is 0 Å². The molecule has 0 atom stereocenters. The molecule has 0 saturated heterocycles. The van der Waals surface area contributed by atoms with Gasteiger partial charge in [-0.1, -0.05) is 102 Å². The maximum atomic E-state index is 6.81. The van der Waals surface area contributed by atoms with Crippen LogP contribution in [0.2, 0.25) is 0 Å². The Labute approximate surface area is 271 Å². The molecule has 0 amide bonds. The third-order valence-electron chi connectivity index (χ3n) is 7.77. The summed E-state index contributed by atoms with van der Waals surface area (Å²) in [6.45, 7) is 11.2. The first kappa shape index (κ1) is 35.9. The van der Waals surface area contributed by atoms with E-state index >= 15 is 0 Å². The Hall–Kier alpha value is -2.55. The average Bonchev–Trinajstić information content (AvgIpc) is 3.04. The number of rotatable bonds is 15. The number of hydrogen-bond acceptors (Lipinski definition) is 7. The third kappa shape index (κ3) is 12.8. The van der Waals surface area contributed by atoms with Gasteiger partial charge < -0.3 is 33.3 Å². The SMILES string of the molecule is CCCCCCN(CCCCCC)C(=S)COC1(CCC)COc2ccccc2OCCOCCOc2ccccc2OC1. The number of ether oxygens (including phenoxy) is 6. The van der Waals surface area contributed by atoms with Gasteiger partial charge in [0, 0.05) is 13.1 Å². The van der Waals surface area contributed by atoms with Crippen LogP contribution in [-0.4, -0.2) is 74.8 Å². The molecule has 246 valence electrons. The molecule has 1 heterocycles. The fourth-order valence-electron chi connectivity index (χ4n) is 5.24. The van der Waals surface area contributed by atoms with Gasteiger partial charge in [-0.15, -0.1) is 0 Å². The first-order chi connectivity index (χ1) is 21.6. The summed E-state index contributed by atoms with van der Waals surface area (Å²) in [5, 5.41) is 0. The zero-order chi connectivity index (χ0) is 31.3. The van der Waals surface area contributed by atoms with Gasteiger partial charge in [0.2, 0.25) is 0 Å². The van der Waals surface area contributed by atoms with E-state index in [1.54, 1.807) is 0 Å². The zero-order valence-corrected chi connectivity index (χ0v) is 28.2. The number of unbranched alkanes of at least 4 members (excludes halogenated alkanes) is 6. The molecule has 0 saturated carbocycles. The number of fused-ring (bicyclic) bond motifs is 2. The largest absolute Gasteiger partial charge is 0.487 e. The van der Waals surface area contributed by atoms with Gasteiger partial charge in [0.25, 0.3) is 0 Å². The predicted octanol–water partition coefficient (Wildman–Crippen LogP) is 8.28. The predicted molar refractivity (Wildman–Crippen MR) is 182 cm³/mol. The molecular weight excluding hydrogens is 574 g/mol. The van der Waals surface area contributed by atoms with Crippen LogP contribution in [0.25, 0.3) is 0 Å². The van der Waals surface area contributed by atoms with Crippen LogP contribution in [0.15, 0.2) is 48.5 Å². The molecule has 7 nitrogen and oxygen atoms in total. The number of para-hydroxylation sites is 4. The van der Waals surface area contributed by atoms with Crippen LogP contribution in [-0.2, 0) is 9.47 Å². The monoisotopic (exact) mass is 629 g/mol. The quantitative estimate of drug-likeness (QED) is 0.144. The van der Waals surface area contributed by atoms with Crippen LogP contribution in [0.4, 0.5) is 0 Å². The second-order valence-corrected chi connectivity index (χ2v) is 12.0. The first-order valence-electron chi connectivity index (χ1n) is 16.8. The molecule has 0 fully saturated rings. The van der Waals surface area contributed by atoms with Crippen molar-refractivity contribution in [1.29, 1.82) is 0 Å². The Balaban J connectivity index is 1.82. The summed E-state index contributed by atoms with van der Waals surface area (Å²) in [7, 11) is 0. The van der Waals surface area contributed by atoms with Gasteiger partial charge in [-0.3, -0.25) is 0 Å². The van der Waals surface area contributed by atoms with Crippen molar-refractivity contribution in [1.82, 2.24) is 4.90 Å². The van der Waals surface area contributed by atoms with Crippen LogP contribution in [0.5, 0.6) is 23.0 Å². The van der Waals surface area contributed by atoms with Gasteiger partial charge in [0.15, 0.2) is 23.0 Å². The molecule has 0 spiro atoms. The van der Waals surface area contributed by atoms with Gasteiger partial charge >= 0.3 is 0 Å². The van der Waals surface area contributed by atoms with Crippen LogP contribution >= 0.6 is 12.2 Å². The molecule has 1 aliphatic heterocycles. The molecular formula is C36H55NO6S. The van der Waals surface area contributed by atoms with Crippen LogP contribution in [0.3, 0.4) is 0 Å². The van der Waals surface area contributed by atoms with Crippen LogP contribution in [0.1, 0.15) is 85.0 Å². The van der Waals surface area contributed by atoms with E-state index in [4.69, 9.17) is 40.6 Å². The number of hydrogen-bond donors (Lipinski definition) is 0. The van der Waals surface area contributed by atoms with E-state index in [9.17, 15) is 0 Å². The highest BCUT2D eigenvalue weighted by molar-refractivity contribution is 7.80. The fraction of sp³-hybridized carbons (Fsp3) is 0.639. The lowest BCUT2D eigenvalue weighted by Crippen LogP contribution is -2.47. The Morgan fingerprint density at radius 2 is 1.14 bits per heavy atom. The van der Waals surface area contributed by atoms with Crippen molar-refractivity contribution in [3.63, 3.8) is 0 Å². The molecule has 0 radical (unpaired) electrons. The smallest absolute Gasteiger partial charge is 0.161 e. The second kappa shape index (κ2) is 21.2. The molecule has 3 rings (SSSR count). The third-order valence-corrected chi connectivity index (χ3v) is 8.15. The highest BCUT2D eigenvalue weighted by Gasteiger charge is 2.34. The maximum Gasteiger partial charge on any atom is 0.161 e. The minimum atomic E-state index is -0.741. The number of thiocarbonyl (C=S) groups is 1. The van der Waals surface area contributed by atoms with Gasteiger partial charge in [0.05, 0.1) is 19.8 Å². The van der Waals surface area contributed by atoms with Crippen LogP contribution < -0.4 is 18.9 Å². The van der Waals surface area contributed by atoms with Crippen molar-refractivity contribution in [2.24, 2.45) is 0 Å². The molecule has 2 aromatic carbocycles. The van der Waals surface area contributed by atoms with Crippen molar-refractivity contribution in [3.05, 3.63) is 48.5 Å². The van der Waals surface area contributed by atoms with Crippen molar-refractivity contribution < 1.29 is 28.4 Å². The summed E-state index contributed by atoms with van der Waals surface area (Å²) in [5.74, 6) is 2.70. The maximum absolute atomic E-state index is 6.81. The zero-order valence-electron chi connectivity index (χ0n) is 27.4. The van der Waals surface area contributed by atoms with Crippen molar-refractivity contribution >= 4 is 17.2 Å². The lowest BCUT2D eigenvalue weighted by molar-refractivity contribution is -0.0905. The van der Waals surface area contributed by atoms with E-state index in [0.717, 1.165) is 43.8 Å². The fourth-order valence-corrected chi connectivity index (χ4v) is 5.48. The lowest BCUT2D eigenvalue weighted by atomic mass is 9.99. The summed E-state index contributed by atoms with van der Waals surface area (Å²) in [6.07, 6.45) is 11.3. The second-order valence-electron chi connectivity index (χ2n) is 11.5. The normalized spacial score (nSPS) is 15.4. The Morgan fingerprint density at radius 1 is 0.659 bits per heavy atom. The molecule has 0 bridgehead atoms. The molecule has 0 unspecified atom stereocenters. The molecule has 0 aromatic heterocycles. The summed E-state index contributed by atoms with van der Waals surface area (Å²) in [5.41, 5.74) is -0.741. The van der Waals surface area contributed by atoms with E-state index in [1.807, 2.05) is 48.5 Å². The lowest BCUT2D eigenvalue weighted by Gasteiger charge is -2.35. The molecule has 8 heteroatoms. The van der Waals surface area contributed by atoms with E-state index < -0.39 is 5.60 Å². The summed E-state index contributed by atoms with van der Waals surface area (Å²) < 4.78 is 37.5. The first-order valence-corrected chi connectivity index (χ1v) is 17.2. The van der Waals surface area contributed by atoms with E-state index in [1.165, 1.54) is 38.5 Å². The molecule has 2 aromatic rings. The van der Waals surface area contributed by atoms with E-state index in [0.29, 0.717) is 56.0 Å². The minimum Gasteiger partial charge on any atom is -0.487 e. The summed E-state index contributed by atoms with van der Waals surface area (Å²) in [6, 6.07) is 15.5. The Morgan fingerprint density at radius 3 is 1.59 bits per heavy atom. The number of benzene rings is 2. The minimum absolute atomic E-state index is 0.288. The number of nitrogens with zero attached hydrogens (tertiary/aromatic N) is 1. The summed E-state index contributed by atoms with van der Waals surface area (Å²) in [4.78, 5) is 3.22. The van der Waals surface area contributed by atoms with E-state index in [-0.39, 0.29) is 13.2 Å². The van der Waals surface area contributed by atoms with Gasteiger partial charge in [-0.25, -0.2) is 0 Å². The topological polar surface area (TPSA) is 58.6 Å². The average molecular weight is 630 g/mol. The molecule has 1 aliphatic rings. The van der Waals surface area contributed by atoms with Crippen molar-refractivity contribution in [2.75, 3.05) is 59.3 Å². The Bertz CT molecular complexity index is 999. The highest BCUT2D eigenvalue weighted by Crippen LogP contribution is 2.32. The van der Waals surface area contributed by atoms with Gasteiger partial charge in [0.1, 0.15) is 37.0 Å². The van der Waals surface area contributed by atoms with Gasteiger partial charge in [-0.05, 0) is 43.5 Å². The Kier molecular flexibility index (Phi) is 17.3. The van der Waals surface area contributed by atoms with Crippen LogP contribution in [0, 0.1) is 0 Å². The highest BCUT2D eigenvalue weighted by atomic mass is 32.1. The molecule has 44 heavy (non-hydrogen) atoms. The summed E-state index contributed by atoms with van der Waals surface area (Å²) >= 11 is 6.04. The molecule has 0 aliphatic carbocycles. The molecule has 0 N–H and O–H groups in total. The standard InChI is InChI=1S/C36H55NO6S/c1-4-7-9-15-22-37(23-16-10-8-5-2)35(44)28-43-36(21-6-3)29-41-33-19-13-11-17-31(33)39-26-24-38-25-27-40-32-18-12-14-20-34(32)42-30-36/h11-14,17-20H,4-10,15-16,21-30H2,1-3H3. The van der Waals surface area contributed by atoms with Crippen molar-refractivity contribution in [2.45, 2.75) is 90.6 Å². The van der Waals surface area contributed by atoms with Crippen molar-refractivity contribution in [3.8, 4) is 23.0 Å². The van der Waals surface area contributed by atoms with E-state index in [2.05, 4.69) is 25.7 Å².